The van der Waals surface area contributed by atoms with Crippen LogP contribution < -0.4 is 14.8 Å². The molecular weight excluding hydrogens is 314 g/mol. The summed E-state index contributed by atoms with van der Waals surface area (Å²) in [6.45, 7) is 2.29. The topological polar surface area (TPSA) is 39.7 Å². The van der Waals surface area contributed by atoms with Gasteiger partial charge in [-0.1, -0.05) is 41.9 Å². The molecule has 1 aliphatic heterocycles. The molecule has 0 aliphatic carbocycles. The maximum absolute atomic E-state index is 6.23. The van der Waals surface area contributed by atoms with Gasteiger partial charge in [-0.2, -0.15) is 0 Å². The van der Waals surface area contributed by atoms with Crippen molar-refractivity contribution < 1.29 is 14.2 Å². The number of nitrogens with one attached hydrogen (secondary N) is 1. The molecule has 2 aromatic carbocycles. The predicted molar refractivity (Wildman–Crippen MR) is 90.4 cm³/mol. The molecule has 1 aliphatic rings. The van der Waals surface area contributed by atoms with Crippen molar-refractivity contribution in [1.29, 1.82) is 0 Å². The molecule has 0 amide bonds. The minimum Gasteiger partial charge on any atom is -0.497 e. The van der Waals surface area contributed by atoms with E-state index in [-0.39, 0.29) is 12.2 Å². The number of morpholine rings is 1. The summed E-state index contributed by atoms with van der Waals surface area (Å²) in [5.74, 6) is 1.33. The number of rotatable bonds is 5. The average molecular weight is 334 g/mol. The molecule has 5 heteroatoms. The molecule has 1 heterocycles. The zero-order valence-corrected chi connectivity index (χ0v) is 13.8. The summed E-state index contributed by atoms with van der Waals surface area (Å²) in [7, 11) is 1.61. The highest BCUT2D eigenvalue weighted by atomic mass is 35.5. The molecule has 2 aromatic rings. The molecule has 0 bridgehead atoms. The lowest BCUT2D eigenvalue weighted by atomic mass is 10.0. The van der Waals surface area contributed by atoms with Crippen LogP contribution >= 0.6 is 11.6 Å². The van der Waals surface area contributed by atoms with Gasteiger partial charge in [-0.05, 0) is 17.7 Å². The molecule has 0 saturated carbocycles. The minimum absolute atomic E-state index is 0.0591. The molecule has 1 fully saturated rings. The van der Waals surface area contributed by atoms with Gasteiger partial charge in [0.1, 0.15) is 17.6 Å². The Kier molecular flexibility index (Phi) is 5.39. The molecule has 0 radical (unpaired) electrons. The van der Waals surface area contributed by atoms with Crippen LogP contribution in [0.3, 0.4) is 0 Å². The third-order valence-corrected chi connectivity index (χ3v) is 3.98. The van der Waals surface area contributed by atoms with Crippen molar-refractivity contribution in [3.05, 3.63) is 59.1 Å². The van der Waals surface area contributed by atoms with Crippen LogP contribution in [0, 0.1) is 0 Å². The first-order valence-electron chi connectivity index (χ1n) is 7.65. The number of methoxy groups -OCH3 is 1. The normalized spacial score (nSPS) is 19.1. The Morgan fingerprint density at radius 3 is 2.65 bits per heavy atom. The predicted octanol–water partition coefficient (Wildman–Crippen LogP) is 3.46. The van der Waals surface area contributed by atoms with Crippen LogP contribution in [-0.2, 0) is 4.74 Å². The zero-order chi connectivity index (χ0) is 16.1. The Morgan fingerprint density at radius 2 is 1.96 bits per heavy atom. The van der Waals surface area contributed by atoms with Crippen molar-refractivity contribution in [2.24, 2.45) is 0 Å². The molecule has 1 N–H and O–H groups in total. The summed E-state index contributed by atoms with van der Waals surface area (Å²) >= 11 is 6.14. The molecule has 2 atom stereocenters. The monoisotopic (exact) mass is 333 g/mol. The Morgan fingerprint density at radius 1 is 1.17 bits per heavy atom. The summed E-state index contributed by atoms with van der Waals surface area (Å²) in [4.78, 5) is 0. The van der Waals surface area contributed by atoms with E-state index in [4.69, 9.17) is 25.8 Å². The molecule has 0 unspecified atom stereocenters. The van der Waals surface area contributed by atoms with Gasteiger partial charge in [-0.3, -0.25) is 0 Å². The van der Waals surface area contributed by atoms with E-state index >= 15 is 0 Å². The SMILES string of the molecule is COc1cc(Cl)cc(O[C@@H](c2ccccc2)[C@@H]2CNCCO2)c1. The number of halogens is 1. The highest BCUT2D eigenvalue weighted by molar-refractivity contribution is 6.30. The van der Waals surface area contributed by atoms with Gasteiger partial charge >= 0.3 is 0 Å². The Hall–Kier alpha value is -1.75. The Labute approximate surface area is 141 Å². The highest BCUT2D eigenvalue weighted by Crippen LogP contribution is 2.31. The zero-order valence-electron chi connectivity index (χ0n) is 13.0. The van der Waals surface area contributed by atoms with Crippen LogP contribution in [0.25, 0.3) is 0 Å². The summed E-state index contributed by atoms with van der Waals surface area (Å²) < 4.78 is 17.4. The average Bonchev–Trinajstić information content (AvgIpc) is 2.60. The summed E-state index contributed by atoms with van der Waals surface area (Å²) in [6, 6.07) is 15.5. The molecular formula is C18H20ClNO3. The van der Waals surface area contributed by atoms with Crippen LogP contribution in [-0.4, -0.2) is 32.9 Å². The molecule has 23 heavy (non-hydrogen) atoms. The number of hydrogen-bond acceptors (Lipinski definition) is 4. The fourth-order valence-corrected chi connectivity index (χ4v) is 2.87. The van der Waals surface area contributed by atoms with Gasteiger partial charge in [0.05, 0.1) is 13.7 Å². The smallest absolute Gasteiger partial charge is 0.151 e. The molecule has 0 spiro atoms. The molecule has 122 valence electrons. The first-order valence-corrected chi connectivity index (χ1v) is 8.02. The molecule has 0 aromatic heterocycles. The van der Waals surface area contributed by atoms with E-state index in [1.54, 1.807) is 19.2 Å². The first-order chi connectivity index (χ1) is 11.3. The van der Waals surface area contributed by atoms with E-state index in [1.165, 1.54) is 0 Å². The van der Waals surface area contributed by atoms with Gasteiger partial charge in [0, 0.05) is 24.2 Å². The van der Waals surface area contributed by atoms with Crippen molar-refractivity contribution in [3.63, 3.8) is 0 Å². The van der Waals surface area contributed by atoms with Crippen molar-refractivity contribution in [1.82, 2.24) is 5.32 Å². The molecule has 1 saturated heterocycles. The maximum Gasteiger partial charge on any atom is 0.151 e. The van der Waals surface area contributed by atoms with Crippen molar-refractivity contribution in [2.45, 2.75) is 12.2 Å². The second-order valence-electron chi connectivity index (χ2n) is 5.39. The van der Waals surface area contributed by atoms with E-state index in [9.17, 15) is 0 Å². The van der Waals surface area contributed by atoms with Gasteiger partial charge in [-0.25, -0.2) is 0 Å². The van der Waals surface area contributed by atoms with E-state index in [0.717, 1.165) is 18.7 Å². The van der Waals surface area contributed by atoms with E-state index < -0.39 is 0 Å². The van der Waals surface area contributed by atoms with Gasteiger partial charge in [0.2, 0.25) is 0 Å². The maximum atomic E-state index is 6.23. The standard InChI is InChI=1S/C18H20ClNO3/c1-21-15-9-14(19)10-16(11-15)23-18(13-5-3-2-4-6-13)17-12-20-7-8-22-17/h2-6,9-11,17-18,20H,7-8,12H2,1H3/t17-,18-/m0/s1. The van der Waals surface area contributed by atoms with Gasteiger partial charge < -0.3 is 19.5 Å². The number of ether oxygens (including phenoxy) is 3. The van der Waals surface area contributed by atoms with Crippen LogP contribution in [0.4, 0.5) is 0 Å². The van der Waals surface area contributed by atoms with Crippen LogP contribution in [0.2, 0.25) is 5.02 Å². The highest BCUT2D eigenvalue weighted by Gasteiger charge is 2.28. The second-order valence-corrected chi connectivity index (χ2v) is 5.83. The minimum atomic E-state index is -0.216. The second kappa shape index (κ2) is 7.68. The van der Waals surface area contributed by atoms with Crippen molar-refractivity contribution in [3.8, 4) is 11.5 Å². The summed E-state index contributed by atoms with van der Waals surface area (Å²) in [6.07, 6.45) is -0.275. The van der Waals surface area contributed by atoms with Crippen molar-refractivity contribution in [2.75, 3.05) is 26.8 Å². The van der Waals surface area contributed by atoms with Crippen LogP contribution in [0.5, 0.6) is 11.5 Å². The largest absolute Gasteiger partial charge is 0.497 e. The molecule has 4 nitrogen and oxygen atoms in total. The lowest BCUT2D eigenvalue weighted by Gasteiger charge is -2.31. The number of hydrogen-bond donors (Lipinski definition) is 1. The lowest BCUT2D eigenvalue weighted by molar-refractivity contribution is -0.0432. The van der Waals surface area contributed by atoms with Gasteiger partial charge in [-0.15, -0.1) is 0 Å². The van der Waals surface area contributed by atoms with Gasteiger partial charge in [0.15, 0.2) is 6.10 Å². The quantitative estimate of drug-likeness (QED) is 0.909. The number of benzene rings is 2. The van der Waals surface area contributed by atoms with E-state index in [2.05, 4.69) is 5.32 Å². The Bertz CT molecular complexity index is 629. The lowest BCUT2D eigenvalue weighted by Crippen LogP contribution is -2.43. The summed E-state index contributed by atoms with van der Waals surface area (Å²) in [5, 5.41) is 3.93. The first kappa shape index (κ1) is 16.1. The Balaban J connectivity index is 1.87. The molecule has 3 rings (SSSR count). The summed E-state index contributed by atoms with van der Waals surface area (Å²) in [5.41, 5.74) is 1.07. The van der Waals surface area contributed by atoms with Crippen LogP contribution in [0.1, 0.15) is 11.7 Å². The van der Waals surface area contributed by atoms with E-state index in [1.807, 2.05) is 36.4 Å². The van der Waals surface area contributed by atoms with Crippen LogP contribution in [0.15, 0.2) is 48.5 Å². The van der Waals surface area contributed by atoms with E-state index in [0.29, 0.717) is 23.1 Å². The van der Waals surface area contributed by atoms with Crippen molar-refractivity contribution >= 4 is 11.6 Å². The third kappa shape index (κ3) is 4.16. The third-order valence-electron chi connectivity index (χ3n) is 3.77. The van der Waals surface area contributed by atoms with Gasteiger partial charge in [0.25, 0.3) is 0 Å². The fourth-order valence-electron chi connectivity index (χ4n) is 2.65. The fraction of sp³-hybridized carbons (Fsp3) is 0.333.